The molecule has 0 aliphatic carbocycles. The molecule has 0 unspecified atom stereocenters. The zero-order chi connectivity index (χ0) is 17.5. The maximum atomic E-state index is 12.8. The first-order valence-electron chi connectivity index (χ1n) is 8.32. The molecule has 23 heavy (non-hydrogen) atoms. The molecule has 0 saturated heterocycles. The van der Waals surface area contributed by atoms with Gasteiger partial charge in [-0.3, -0.25) is 9.78 Å². The average molecular weight is 320 g/mol. The smallest absolute Gasteiger partial charge is 0.227 e. The second-order valence-electron chi connectivity index (χ2n) is 7.77. The quantitative estimate of drug-likeness (QED) is 0.698. The van der Waals surface area contributed by atoms with E-state index in [1.54, 1.807) is 13.3 Å². The minimum atomic E-state index is -0.379. The molecule has 1 aromatic rings. The molecule has 0 aromatic carbocycles. The lowest BCUT2D eigenvalue weighted by Crippen LogP contribution is -2.42. The molecule has 1 rings (SSSR count). The maximum absolute atomic E-state index is 12.8. The summed E-state index contributed by atoms with van der Waals surface area (Å²) in [5.74, 6) is 0.193. The fraction of sp³-hybridized carbons (Fsp3) is 0.684. The number of nitrogens with zero attached hydrogens (tertiary/aromatic N) is 2. The minimum absolute atomic E-state index is 0.0804. The fourth-order valence-electron chi connectivity index (χ4n) is 3.19. The second-order valence-corrected chi connectivity index (χ2v) is 7.77. The van der Waals surface area contributed by atoms with Gasteiger partial charge in [0.25, 0.3) is 0 Å². The summed E-state index contributed by atoms with van der Waals surface area (Å²) in [5.41, 5.74) is 0.720. The number of amides is 1. The van der Waals surface area contributed by atoms with E-state index in [0.717, 1.165) is 31.6 Å². The molecular weight excluding hydrogens is 288 g/mol. The Morgan fingerprint density at radius 3 is 2.52 bits per heavy atom. The van der Waals surface area contributed by atoms with Crippen LogP contribution in [0.1, 0.15) is 46.2 Å². The molecule has 1 heterocycles. The predicted molar refractivity (Wildman–Crippen MR) is 94.3 cm³/mol. The molecule has 0 aliphatic rings. The van der Waals surface area contributed by atoms with Crippen LogP contribution in [0, 0.1) is 10.8 Å². The SMILES string of the molecule is COCCC(C)(C)CC(C)(C)C(=O)N(C)CCc1ccccn1. The number of ether oxygens (including phenoxy) is 1. The van der Waals surface area contributed by atoms with Gasteiger partial charge in [0, 0.05) is 51.0 Å². The summed E-state index contributed by atoms with van der Waals surface area (Å²) < 4.78 is 5.19. The van der Waals surface area contributed by atoms with E-state index in [4.69, 9.17) is 4.74 Å². The van der Waals surface area contributed by atoms with E-state index < -0.39 is 0 Å². The molecule has 0 spiro atoms. The fourth-order valence-corrected chi connectivity index (χ4v) is 3.19. The van der Waals surface area contributed by atoms with Crippen LogP contribution in [0.25, 0.3) is 0 Å². The largest absolute Gasteiger partial charge is 0.385 e. The molecule has 4 heteroatoms. The number of carbonyl (C=O) groups excluding carboxylic acids is 1. The number of methoxy groups -OCH3 is 1. The standard InChI is InChI=1S/C19H32N2O2/c1-18(2,11-14-23-6)15-19(3,4)17(22)21(5)13-10-16-9-7-8-12-20-16/h7-9,12H,10-11,13-15H2,1-6H3. The lowest BCUT2D eigenvalue weighted by atomic mass is 9.73. The first kappa shape index (κ1) is 19.6. The Kier molecular flexibility index (Phi) is 7.20. The minimum Gasteiger partial charge on any atom is -0.385 e. The number of hydrogen-bond acceptors (Lipinski definition) is 3. The monoisotopic (exact) mass is 320 g/mol. The van der Waals surface area contributed by atoms with Crippen LogP contribution in [0.4, 0.5) is 0 Å². The van der Waals surface area contributed by atoms with Crippen LogP contribution in [0.5, 0.6) is 0 Å². The molecule has 1 amide bonds. The highest BCUT2D eigenvalue weighted by atomic mass is 16.5. The van der Waals surface area contributed by atoms with Crippen molar-refractivity contribution in [2.24, 2.45) is 10.8 Å². The molecular formula is C19H32N2O2. The molecule has 1 aromatic heterocycles. The number of hydrogen-bond donors (Lipinski definition) is 0. The van der Waals surface area contributed by atoms with E-state index in [1.807, 2.05) is 44.0 Å². The van der Waals surface area contributed by atoms with Gasteiger partial charge >= 0.3 is 0 Å². The van der Waals surface area contributed by atoms with Crippen molar-refractivity contribution >= 4 is 5.91 Å². The summed E-state index contributed by atoms with van der Waals surface area (Å²) in [4.78, 5) is 19.0. The van der Waals surface area contributed by atoms with Crippen molar-refractivity contribution in [2.45, 2.75) is 47.0 Å². The van der Waals surface area contributed by atoms with Gasteiger partial charge in [0.1, 0.15) is 0 Å². The topological polar surface area (TPSA) is 42.4 Å². The van der Waals surface area contributed by atoms with E-state index in [-0.39, 0.29) is 16.7 Å². The molecule has 0 saturated carbocycles. The summed E-state index contributed by atoms with van der Waals surface area (Å²) in [7, 11) is 3.60. The van der Waals surface area contributed by atoms with Crippen molar-refractivity contribution in [3.63, 3.8) is 0 Å². The van der Waals surface area contributed by atoms with Crippen LogP contribution in [0.2, 0.25) is 0 Å². The van der Waals surface area contributed by atoms with E-state index in [9.17, 15) is 4.79 Å². The third-order valence-corrected chi connectivity index (χ3v) is 4.26. The molecule has 4 nitrogen and oxygen atoms in total. The van der Waals surface area contributed by atoms with Crippen molar-refractivity contribution in [1.29, 1.82) is 0 Å². The van der Waals surface area contributed by atoms with Gasteiger partial charge in [-0.2, -0.15) is 0 Å². The van der Waals surface area contributed by atoms with Crippen LogP contribution in [-0.2, 0) is 16.0 Å². The van der Waals surface area contributed by atoms with Crippen LogP contribution in [0.3, 0.4) is 0 Å². The average Bonchev–Trinajstić information content (AvgIpc) is 2.50. The van der Waals surface area contributed by atoms with Gasteiger partial charge in [0.2, 0.25) is 5.91 Å². The van der Waals surface area contributed by atoms with Gasteiger partial charge in [-0.15, -0.1) is 0 Å². The highest BCUT2D eigenvalue weighted by molar-refractivity contribution is 5.81. The first-order valence-corrected chi connectivity index (χ1v) is 8.32. The summed E-state index contributed by atoms with van der Waals surface area (Å²) in [5, 5.41) is 0. The van der Waals surface area contributed by atoms with Crippen molar-refractivity contribution in [1.82, 2.24) is 9.88 Å². The van der Waals surface area contributed by atoms with Crippen molar-refractivity contribution < 1.29 is 9.53 Å². The lowest BCUT2D eigenvalue weighted by molar-refractivity contribution is -0.140. The molecule has 0 atom stereocenters. The van der Waals surface area contributed by atoms with Crippen molar-refractivity contribution in [3.05, 3.63) is 30.1 Å². The molecule has 0 aliphatic heterocycles. The Labute approximate surface area is 141 Å². The second kappa shape index (κ2) is 8.44. The van der Waals surface area contributed by atoms with Crippen molar-refractivity contribution in [3.8, 4) is 0 Å². The molecule has 0 fully saturated rings. The summed E-state index contributed by atoms with van der Waals surface area (Å²) in [6.07, 6.45) is 4.37. The van der Waals surface area contributed by atoms with Gasteiger partial charge in [-0.25, -0.2) is 0 Å². The summed E-state index contributed by atoms with van der Waals surface area (Å²) in [6, 6.07) is 5.88. The number of aromatic nitrogens is 1. The third kappa shape index (κ3) is 6.69. The number of likely N-dealkylation sites (N-methyl/N-ethyl adjacent to an activating group) is 1. The van der Waals surface area contributed by atoms with Crippen molar-refractivity contribution in [2.75, 3.05) is 27.3 Å². The Bertz CT molecular complexity index is 483. The number of carbonyl (C=O) groups is 1. The summed E-state index contributed by atoms with van der Waals surface area (Å²) in [6.45, 7) is 9.91. The van der Waals surface area contributed by atoms with Gasteiger partial charge in [-0.05, 0) is 30.4 Å². The molecule has 0 radical (unpaired) electrons. The van der Waals surface area contributed by atoms with E-state index in [1.165, 1.54) is 0 Å². The lowest BCUT2D eigenvalue weighted by Gasteiger charge is -2.36. The highest BCUT2D eigenvalue weighted by Crippen LogP contribution is 2.37. The van der Waals surface area contributed by atoms with Crippen LogP contribution < -0.4 is 0 Å². The molecule has 0 N–H and O–H groups in total. The molecule has 0 bridgehead atoms. The van der Waals surface area contributed by atoms with Gasteiger partial charge in [-0.1, -0.05) is 33.8 Å². The zero-order valence-corrected chi connectivity index (χ0v) is 15.6. The van der Waals surface area contributed by atoms with E-state index in [2.05, 4.69) is 18.8 Å². The van der Waals surface area contributed by atoms with E-state index >= 15 is 0 Å². The van der Waals surface area contributed by atoms with Gasteiger partial charge in [0.05, 0.1) is 0 Å². The number of rotatable bonds is 9. The van der Waals surface area contributed by atoms with Crippen LogP contribution in [-0.4, -0.2) is 43.1 Å². The Morgan fingerprint density at radius 1 is 1.26 bits per heavy atom. The highest BCUT2D eigenvalue weighted by Gasteiger charge is 2.36. The van der Waals surface area contributed by atoms with Crippen LogP contribution in [0.15, 0.2) is 24.4 Å². The predicted octanol–water partition coefficient (Wildman–Crippen LogP) is 3.56. The van der Waals surface area contributed by atoms with Crippen LogP contribution >= 0.6 is 0 Å². The maximum Gasteiger partial charge on any atom is 0.227 e. The third-order valence-electron chi connectivity index (χ3n) is 4.26. The normalized spacial score (nSPS) is 12.3. The Morgan fingerprint density at radius 2 is 1.96 bits per heavy atom. The van der Waals surface area contributed by atoms with Gasteiger partial charge in [0.15, 0.2) is 0 Å². The number of pyridine rings is 1. The summed E-state index contributed by atoms with van der Waals surface area (Å²) >= 11 is 0. The molecule has 130 valence electrons. The Balaban J connectivity index is 2.58. The zero-order valence-electron chi connectivity index (χ0n) is 15.6. The van der Waals surface area contributed by atoms with Gasteiger partial charge < -0.3 is 9.64 Å². The Hall–Kier alpha value is -1.42. The van der Waals surface area contributed by atoms with E-state index in [0.29, 0.717) is 6.54 Å². The first-order chi connectivity index (χ1) is 10.7.